The van der Waals surface area contributed by atoms with E-state index in [-0.39, 0.29) is 0 Å². The largest absolute Gasteiger partial charge is 0.254 e. The molecular formula is C54H34N2. The Hall–Kier alpha value is -7.42. The first-order valence-corrected chi connectivity index (χ1v) is 19.2. The van der Waals surface area contributed by atoms with Crippen LogP contribution in [0.2, 0.25) is 0 Å². The molecule has 0 saturated heterocycles. The maximum atomic E-state index is 5.40. The number of rotatable bonds is 5. The van der Waals surface area contributed by atoms with Gasteiger partial charge in [0.2, 0.25) is 0 Å². The average molecular weight is 711 g/mol. The third-order valence-electron chi connectivity index (χ3n) is 11.3. The number of fused-ring (bicyclic) bond motifs is 6. The Morgan fingerprint density at radius 1 is 0.286 bits per heavy atom. The first-order valence-electron chi connectivity index (χ1n) is 19.2. The first-order chi connectivity index (χ1) is 27.8. The molecule has 0 amide bonds. The van der Waals surface area contributed by atoms with Crippen LogP contribution in [0.1, 0.15) is 0 Å². The van der Waals surface area contributed by atoms with Gasteiger partial charge in [0.1, 0.15) is 0 Å². The molecular weight excluding hydrogens is 677 g/mol. The minimum absolute atomic E-state index is 0.904. The summed E-state index contributed by atoms with van der Waals surface area (Å²) in [7, 11) is 0. The molecule has 2 aromatic heterocycles. The molecule has 0 saturated carbocycles. The van der Waals surface area contributed by atoms with Crippen LogP contribution >= 0.6 is 0 Å². The van der Waals surface area contributed by atoms with Crippen molar-refractivity contribution in [2.45, 2.75) is 0 Å². The normalized spacial score (nSPS) is 11.6. The maximum absolute atomic E-state index is 5.40. The summed E-state index contributed by atoms with van der Waals surface area (Å²) in [5.41, 5.74) is 13.4. The van der Waals surface area contributed by atoms with Crippen LogP contribution in [-0.4, -0.2) is 9.97 Å². The molecule has 0 radical (unpaired) electrons. The third-order valence-corrected chi connectivity index (χ3v) is 11.3. The van der Waals surface area contributed by atoms with E-state index in [0.717, 1.165) is 49.8 Å². The fourth-order valence-electron chi connectivity index (χ4n) is 8.76. The Bertz CT molecular complexity index is 3210. The fourth-order valence-corrected chi connectivity index (χ4v) is 8.76. The zero-order valence-corrected chi connectivity index (χ0v) is 30.5. The number of hydrogen-bond donors (Lipinski definition) is 0. The van der Waals surface area contributed by atoms with Gasteiger partial charge in [0.05, 0.1) is 16.7 Å². The summed E-state index contributed by atoms with van der Waals surface area (Å²) in [5, 5.41) is 9.67. The predicted molar refractivity (Wildman–Crippen MR) is 237 cm³/mol. The van der Waals surface area contributed by atoms with Crippen molar-refractivity contribution in [2.24, 2.45) is 0 Å². The number of pyridine rings is 2. The first kappa shape index (κ1) is 32.0. The second-order valence-electron chi connectivity index (χ2n) is 14.4. The average Bonchev–Trinajstić information content (AvgIpc) is 3.28. The zero-order valence-electron chi connectivity index (χ0n) is 30.5. The van der Waals surface area contributed by atoms with Crippen LogP contribution in [0.25, 0.3) is 110 Å². The Labute approximate surface area is 325 Å². The molecule has 11 aromatic rings. The number of aromatic nitrogens is 2. The van der Waals surface area contributed by atoms with Gasteiger partial charge in [-0.2, -0.15) is 0 Å². The van der Waals surface area contributed by atoms with Crippen molar-refractivity contribution in [3.63, 3.8) is 0 Å². The van der Waals surface area contributed by atoms with Gasteiger partial charge in [-0.25, -0.2) is 4.98 Å². The predicted octanol–water partition coefficient (Wildman–Crippen LogP) is 14.6. The molecule has 2 heterocycles. The molecule has 0 unspecified atom stereocenters. The minimum atomic E-state index is 0.904. The van der Waals surface area contributed by atoms with Crippen molar-refractivity contribution in [3.05, 3.63) is 206 Å². The van der Waals surface area contributed by atoms with Crippen LogP contribution in [-0.2, 0) is 0 Å². The number of nitrogens with zero attached hydrogens (tertiary/aromatic N) is 2. The summed E-state index contributed by atoms with van der Waals surface area (Å²) < 4.78 is 0. The van der Waals surface area contributed by atoms with Gasteiger partial charge < -0.3 is 0 Å². The van der Waals surface area contributed by atoms with E-state index in [1.165, 1.54) is 60.1 Å². The van der Waals surface area contributed by atoms with Crippen molar-refractivity contribution in [1.29, 1.82) is 0 Å². The molecule has 2 heteroatoms. The van der Waals surface area contributed by atoms with E-state index < -0.39 is 0 Å². The van der Waals surface area contributed by atoms with E-state index in [1.807, 2.05) is 6.20 Å². The number of hydrogen-bond acceptors (Lipinski definition) is 2. The van der Waals surface area contributed by atoms with Gasteiger partial charge in [-0.15, -0.1) is 0 Å². The molecule has 0 aliphatic heterocycles. The fraction of sp³-hybridized carbons (Fsp3) is 0. The molecule has 0 atom stereocenters. The van der Waals surface area contributed by atoms with Crippen molar-refractivity contribution in [3.8, 4) is 55.8 Å². The molecule has 0 spiro atoms. The Balaban J connectivity index is 1.11. The highest BCUT2D eigenvalue weighted by Crippen LogP contribution is 2.46. The van der Waals surface area contributed by atoms with Crippen LogP contribution in [0, 0.1) is 0 Å². The molecule has 56 heavy (non-hydrogen) atoms. The van der Waals surface area contributed by atoms with Crippen molar-refractivity contribution >= 4 is 54.1 Å². The topological polar surface area (TPSA) is 25.8 Å². The van der Waals surface area contributed by atoms with Crippen molar-refractivity contribution in [2.75, 3.05) is 0 Å². The standard InChI is InChI=1S/C54H34N2/c1-3-14-35(15-4-1)41-32-33-55-53-47(41)30-31-48-49(37-16-5-2-6-17-37)34-50(56-54(48)53)38-26-28-39(29-27-38)51-43-21-9-11-23-45(43)52(46-24-12-10-22-44(46)51)42-25-13-19-36-18-7-8-20-40(36)42/h1-34H. The molecule has 0 bridgehead atoms. The highest BCUT2D eigenvalue weighted by atomic mass is 14.8. The Morgan fingerprint density at radius 3 is 1.46 bits per heavy atom. The van der Waals surface area contributed by atoms with E-state index in [2.05, 4.69) is 200 Å². The van der Waals surface area contributed by atoms with Gasteiger partial charge in [0, 0.05) is 22.5 Å². The summed E-state index contributed by atoms with van der Waals surface area (Å²) in [6.45, 7) is 0. The lowest BCUT2D eigenvalue weighted by molar-refractivity contribution is 1.37. The van der Waals surface area contributed by atoms with Gasteiger partial charge in [-0.3, -0.25) is 4.98 Å². The van der Waals surface area contributed by atoms with Gasteiger partial charge in [-0.05, 0) is 89.0 Å². The van der Waals surface area contributed by atoms with E-state index in [1.54, 1.807) is 0 Å². The zero-order chi connectivity index (χ0) is 37.0. The quantitative estimate of drug-likeness (QED) is 0.131. The molecule has 260 valence electrons. The summed E-state index contributed by atoms with van der Waals surface area (Å²) in [5.74, 6) is 0. The summed E-state index contributed by atoms with van der Waals surface area (Å²) >= 11 is 0. The molecule has 0 aliphatic carbocycles. The van der Waals surface area contributed by atoms with Gasteiger partial charge >= 0.3 is 0 Å². The van der Waals surface area contributed by atoms with Crippen LogP contribution < -0.4 is 0 Å². The molecule has 0 fully saturated rings. The van der Waals surface area contributed by atoms with Crippen LogP contribution in [0.5, 0.6) is 0 Å². The lowest BCUT2D eigenvalue weighted by Gasteiger charge is -2.19. The van der Waals surface area contributed by atoms with Gasteiger partial charge in [0.15, 0.2) is 0 Å². The van der Waals surface area contributed by atoms with E-state index >= 15 is 0 Å². The van der Waals surface area contributed by atoms with Crippen LogP contribution in [0.3, 0.4) is 0 Å². The smallest absolute Gasteiger partial charge is 0.0978 e. The van der Waals surface area contributed by atoms with Crippen LogP contribution in [0.15, 0.2) is 206 Å². The van der Waals surface area contributed by atoms with Gasteiger partial charge in [-0.1, -0.05) is 188 Å². The second kappa shape index (κ2) is 13.2. The molecule has 2 nitrogen and oxygen atoms in total. The number of benzene rings is 9. The summed E-state index contributed by atoms with van der Waals surface area (Å²) in [4.78, 5) is 10.4. The van der Waals surface area contributed by atoms with E-state index in [9.17, 15) is 0 Å². The van der Waals surface area contributed by atoms with Crippen molar-refractivity contribution < 1.29 is 0 Å². The SMILES string of the molecule is c1ccc(-c2ccnc3c2ccc2c(-c4ccccc4)cc(-c4ccc(-c5c6ccccc6c(-c6cccc7ccccc67)c6ccccc56)cc4)nc23)cc1. The monoisotopic (exact) mass is 710 g/mol. The minimum Gasteiger partial charge on any atom is -0.254 e. The highest BCUT2D eigenvalue weighted by Gasteiger charge is 2.19. The summed E-state index contributed by atoms with van der Waals surface area (Å²) in [6, 6.07) is 72.0. The lowest BCUT2D eigenvalue weighted by Crippen LogP contribution is -1.94. The molecule has 0 aliphatic rings. The highest BCUT2D eigenvalue weighted by molar-refractivity contribution is 6.23. The second-order valence-corrected chi connectivity index (χ2v) is 14.4. The molecule has 9 aromatic carbocycles. The van der Waals surface area contributed by atoms with Crippen LogP contribution in [0.4, 0.5) is 0 Å². The molecule has 11 rings (SSSR count). The lowest BCUT2D eigenvalue weighted by atomic mass is 9.84. The van der Waals surface area contributed by atoms with Gasteiger partial charge in [0.25, 0.3) is 0 Å². The molecule has 0 N–H and O–H groups in total. The van der Waals surface area contributed by atoms with E-state index in [4.69, 9.17) is 9.97 Å². The Morgan fingerprint density at radius 2 is 0.804 bits per heavy atom. The maximum Gasteiger partial charge on any atom is 0.0978 e. The third kappa shape index (κ3) is 5.19. The van der Waals surface area contributed by atoms with Crippen molar-refractivity contribution in [1.82, 2.24) is 9.97 Å². The van der Waals surface area contributed by atoms with E-state index in [0.29, 0.717) is 0 Å². The Kier molecular flexibility index (Phi) is 7.53. The summed E-state index contributed by atoms with van der Waals surface area (Å²) in [6.07, 6.45) is 1.91.